The highest BCUT2D eigenvalue weighted by Gasteiger charge is 2.02. The molecule has 0 saturated heterocycles. The van der Waals surface area contributed by atoms with Crippen molar-refractivity contribution < 1.29 is 4.79 Å². The number of pyridine rings is 1. The maximum Gasteiger partial charge on any atom is 0.272 e. The van der Waals surface area contributed by atoms with Gasteiger partial charge < -0.3 is 0 Å². The predicted octanol–water partition coefficient (Wildman–Crippen LogP) is 3.00. The van der Waals surface area contributed by atoms with Gasteiger partial charge in [0.15, 0.2) is 0 Å². The summed E-state index contributed by atoms with van der Waals surface area (Å²) < 4.78 is 0. The van der Waals surface area contributed by atoms with Crippen molar-refractivity contribution in [2.45, 2.75) is 0 Å². The number of benzene rings is 2. The van der Waals surface area contributed by atoms with Crippen molar-refractivity contribution in [2.24, 2.45) is 5.10 Å². The molecule has 0 radical (unpaired) electrons. The molecule has 0 fully saturated rings. The van der Waals surface area contributed by atoms with Crippen LogP contribution in [-0.2, 0) is 0 Å². The van der Waals surface area contributed by atoms with Gasteiger partial charge >= 0.3 is 0 Å². The normalized spacial score (nSPS) is 10.9. The highest BCUT2D eigenvalue weighted by atomic mass is 16.2. The maximum atomic E-state index is 11.8. The average Bonchev–Trinajstić information content (AvgIpc) is 2.56. The number of fused-ring (bicyclic) bond motifs is 1. The molecule has 4 nitrogen and oxygen atoms in total. The second-order valence-corrected chi connectivity index (χ2v) is 4.51. The first-order valence-electron chi connectivity index (χ1n) is 6.56. The Morgan fingerprint density at radius 2 is 1.90 bits per heavy atom. The number of hydrogen-bond donors (Lipinski definition) is 1. The molecule has 0 aliphatic rings. The maximum absolute atomic E-state index is 11.8. The van der Waals surface area contributed by atoms with Gasteiger partial charge in [0.05, 0.1) is 11.8 Å². The summed E-state index contributed by atoms with van der Waals surface area (Å²) in [6, 6.07) is 17.4. The number of nitrogens with zero attached hydrogens (tertiary/aromatic N) is 2. The summed E-state index contributed by atoms with van der Waals surface area (Å²) in [5, 5.41) is 6.25. The van der Waals surface area contributed by atoms with Crippen molar-refractivity contribution in [3.8, 4) is 0 Å². The highest BCUT2D eigenvalue weighted by molar-refractivity contribution is 6.00. The molecule has 1 aromatic heterocycles. The smallest absolute Gasteiger partial charge is 0.267 e. The van der Waals surface area contributed by atoms with E-state index in [2.05, 4.69) is 15.5 Å². The van der Waals surface area contributed by atoms with Gasteiger partial charge in [-0.2, -0.15) is 5.10 Å². The molecule has 1 amide bonds. The van der Waals surface area contributed by atoms with Crippen molar-refractivity contribution in [1.29, 1.82) is 0 Å². The molecular formula is C17H13N3O. The number of rotatable bonds is 3. The Morgan fingerprint density at radius 1 is 1.05 bits per heavy atom. The fraction of sp³-hybridized carbons (Fsp3) is 0. The van der Waals surface area contributed by atoms with Gasteiger partial charge in [-0.3, -0.25) is 9.78 Å². The van der Waals surface area contributed by atoms with Crippen molar-refractivity contribution in [2.75, 3.05) is 0 Å². The summed E-state index contributed by atoms with van der Waals surface area (Å²) in [5.41, 5.74) is 3.94. The molecule has 0 atom stereocenters. The molecule has 1 N–H and O–H groups in total. The van der Waals surface area contributed by atoms with Crippen LogP contribution in [-0.4, -0.2) is 17.1 Å². The Labute approximate surface area is 122 Å². The standard InChI is InChI=1S/C17H13N3O/c21-17(15-8-4-10-18-11-15)20-19-12-14-7-3-6-13-5-1-2-9-16(13)14/h1-12H,(H,20,21)/b19-12-. The van der Waals surface area contributed by atoms with Crippen molar-refractivity contribution in [3.05, 3.63) is 78.1 Å². The minimum Gasteiger partial charge on any atom is -0.267 e. The summed E-state index contributed by atoms with van der Waals surface area (Å²) in [5.74, 6) is -0.278. The van der Waals surface area contributed by atoms with Crippen LogP contribution in [0.2, 0.25) is 0 Å². The Balaban J connectivity index is 1.78. The summed E-state index contributed by atoms with van der Waals surface area (Å²) in [6.07, 6.45) is 4.77. The lowest BCUT2D eigenvalue weighted by molar-refractivity contribution is 0.0955. The molecule has 0 bridgehead atoms. The molecule has 0 saturated carbocycles. The fourth-order valence-corrected chi connectivity index (χ4v) is 2.09. The van der Waals surface area contributed by atoms with Crippen LogP contribution in [0, 0.1) is 0 Å². The van der Waals surface area contributed by atoms with Crippen molar-refractivity contribution in [3.63, 3.8) is 0 Å². The minimum absolute atomic E-state index is 0.278. The van der Waals surface area contributed by atoms with Gasteiger partial charge in [-0.15, -0.1) is 0 Å². The third-order valence-corrected chi connectivity index (χ3v) is 3.12. The minimum atomic E-state index is -0.278. The van der Waals surface area contributed by atoms with E-state index in [1.54, 1.807) is 24.5 Å². The molecule has 3 aromatic rings. The first-order chi connectivity index (χ1) is 10.3. The Morgan fingerprint density at radius 3 is 2.76 bits per heavy atom. The third-order valence-electron chi connectivity index (χ3n) is 3.12. The lowest BCUT2D eigenvalue weighted by Gasteiger charge is -2.02. The molecule has 2 aromatic carbocycles. The zero-order chi connectivity index (χ0) is 14.5. The van der Waals surface area contributed by atoms with Crippen LogP contribution in [0.5, 0.6) is 0 Å². The van der Waals surface area contributed by atoms with Gasteiger partial charge in [-0.25, -0.2) is 5.43 Å². The van der Waals surface area contributed by atoms with E-state index in [0.717, 1.165) is 16.3 Å². The molecule has 0 aliphatic carbocycles. The number of aromatic nitrogens is 1. The summed E-state index contributed by atoms with van der Waals surface area (Å²) in [6.45, 7) is 0. The molecule has 0 aliphatic heterocycles. The van der Waals surface area contributed by atoms with Crippen molar-refractivity contribution in [1.82, 2.24) is 10.4 Å². The molecule has 4 heteroatoms. The van der Waals surface area contributed by atoms with E-state index in [1.807, 2.05) is 42.5 Å². The van der Waals surface area contributed by atoms with Crippen LogP contribution in [0.25, 0.3) is 10.8 Å². The monoisotopic (exact) mass is 275 g/mol. The first-order valence-corrected chi connectivity index (χ1v) is 6.56. The van der Waals surface area contributed by atoms with Crippen LogP contribution in [0.4, 0.5) is 0 Å². The molecule has 21 heavy (non-hydrogen) atoms. The fourth-order valence-electron chi connectivity index (χ4n) is 2.09. The second kappa shape index (κ2) is 5.96. The molecule has 0 spiro atoms. The average molecular weight is 275 g/mol. The summed E-state index contributed by atoms with van der Waals surface area (Å²) >= 11 is 0. The predicted molar refractivity (Wildman–Crippen MR) is 83.2 cm³/mol. The number of carbonyl (C=O) groups is 1. The third kappa shape index (κ3) is 2.95. The first kappa shape index (κ1) is 13.0. The van der Waals surface area contributed by atoms with E-state index in [1.165, 1.54) is 6.20 Å². The van der Waals surface area contributed by atoms with E-state index < -0.39 is 0 Å². The lowest BCUT2D eigenvalue weighted by Crippen LogP contribution is -2.17. The van der Waals surface area contributed by atoms with Crippen LogP contribution in [0.1, 0.15) is 15.9 Å². The number of hydrazone groups is 1. The van der Waals surface area contributed by atoms with Gasteiger partial charge in [-0.1, -0.05) is 42.5 Å². The quantitative estimate of drug-likeness (QED) is 0.590. The Kier molecular flexibility index (Phi) is 3.69. The summed E-state index contributed by atoms with van der Waals surface area (Å²) in [4.78, 5) is 15.7. The Bertz CT molecular complexity index is 792. The van der Waals surface area contributed by atoms with Crippen LogP contribution in [0.3, 0.4) is 0 Å². The number of hydrogen-bond acceptors (Lipinski definition) is 3. The van der Waals surface area contributed by atoms with Gasteiger partial charge in [0.25, 0.3) is 5.91 Å². The van der Waals surface area contributed by atoms with Crippen LogP contribution in [0.15, 0.2) is 72.1 Å². The number of carbonyl (C=O) groups excluding carboxylic acids is 1. The van der Waals surface area contributed by atoms with E-state index in [-0.39, 0.29) is 5.91 Å². The Hall–Kier alpha value is -3.01. The number of amides is 1. The molecule has 1 heterocycles. The highest BCUT2D eigenvalue weighted by Crippen LogP contribution is 2.16. The van der Waals surface area contributed by atoms with Crippen LogP contribution < -0.4 is 5.43 Å². The SMILES string of the molecule is O=C(N/N=C\c1cccc2ccccc12)c1cccnc1. The molecular weight excluding hydrogens is 262 g/mol. The van der Waals surface area contributed by atoms with E-state index >= 15 is 0 Å². The van der Waals surface area contributed by atoms with Crippen molar-refractivity contribution >= 4 is 22.9 Å². The van der Waals surface area contributed by atoms with Gasteiger partial charge in [0.2, 0.25) is 0 Å². The van der Waals surface area contributed by atoms with Crippen LogP contribution >= 0.6 is 0 Å². The zero-order valence-electron chi connectivity index (χ0n) is 11.2. The molecule has 0 unspecified atom stereocenters. The second-order valence-electron chi connectivity index (χ2n) is 4.51. The van der Waals surface area contributed by atoms with E-state index in [0.29, 0.717) is 5.56 Å². The van der Waals surface area contributed by atoms with Gasteiger partial charge in [0, 0.05) is 18.0 Å². The summed E-state index contributed by atoms with van der Waals surface area (Å²) in [7, 11) is 0. The van der Waals surface area contributed by atoms with Gasteiger partial charge in [0.1, 0.15) is 0 Å². The largest absolute Gasteiger partial charge is 0.272 e. The topological polar surface area (TPSA) is 54.4 Å². The molecule has 3 rings (SSSR count). The molecule has 102 valence electrons. The van der Waals surface area contributed by atoms with E-state index in [9.17, 15) is 4.79 Å². The number of nitrogens with one attached hydrogen (secondary N) is 1. The lowest BCUT2D eigenvalue weighted by atomic mass is 10.1. The van der Waals surface area contributed by atoms with E-state index in [4.69, 9.17) is 0 Å². The van der Waals surface area contributed by atoms with Gasteiger partial charge in [-0.05, 0) is 22.9 Å². The zero-order valence-corrected chi connectivity index (χ0v) is 11.2.